The summed E-state index contributed by atoms with van der Waals surface area (Å²) in [7, 11) is 0. The predicted octanol–water partition coefficient (Wildman–Crippen LogP) is 6.12. The SMILES string of the molecule is CCOc1ccc2nc(/N=C(/CC(=O)c3ccc(Br)cc3)SC)sc2c1. The van der Waals surface area contributed by atoms with Crippen LogP contribution in [0.2, 0.25) is 0 Å². The topological polar surface area (TPSA) is 51.6 Å². The normalized spacial score (nSPS) is 11.7. The highest BCUT2D eigenvalue weighted by atomic mass is 79.9. The summed E-state index contributed by atoms with van der Waals surface area (Å²) in [5, 5.41) is 1.41. The molecule has 26 heavy (non-hydrogen) atoms. The van der Waals surface area contributed by atoms with Crippen LogP contribution in [0.25, 0.3) is 10.2 Å². The van der Waals surface area contributed by atoms with Crippen molar-refractivity contribution in [3.8, 4) is 5.75 Å². The molecule has 1 aromatic heterocycles. The third-order valence-electron chi connectivity index (χ3n) is 3.59. The van der Waals surface area contributed by atoms with Crippen molar-refractivity contribution < 1.29 is 9.53 Å². The van der Waals surface area contributed by atoms with Crippen LogP contribution in [0.5, 0.6) is 5.75 Å². The molecule has 4 nitrogen and oxygen atoms in total. The van der Waals surface area contributed by atoms with Gasteiger partial charge in [0.05, 0.1) is 28.3 Å². The van der Waals surface area contributed by atoms with E-state index in [1.807, 2.05) is 55.6 Å². The minimum absolute atomic E-state index is 0.0466. The Morgan fingerprint density at radius 1 is 1.27 bits per heavy atom. The van der Waals surface area contributed by atoms with Crippen molar-refractivity contribution in [1.82, 2.24) is 4.98 Å². The number of carbonyl (C=O) groups is 1. The molecule has 0 radical (unpaired) electrons. The Hall–Kier alpha value is -1.70. The van der Waals surface area contributed by atoms with E-state index < -0.39 is 0 Å². The zero-order valence-corrected chi connectivity index (χ0v) is 17.6. The number of aliphatic imine (C=N–C) groups is 1. The minimum Gasteiger partial charge on any atom is -0.494 e. The van der Waals surface area contributed by atoms with E-state index in [0.29, 0.717) is 17.3 Å². The fourth-order valence-corrected chi connectivity index (χ4v) is 4.00. The number of nitrogens with zero attached hydrogens (tertiary/aromatic N) is 2. The van der Waals surface area contributed by atoms with Gasteiger partial charge in [-0.2, -0.15) is 0 Å². The third kappa shape index (κ3) is 4.72. The molecule has 0 atom stereocenters. The van der Waals surface area contributed by atoms with Crippen LogP contribution in [0.1, 0.15) is 23.7 Å². The van der Waals surface area contributed by atoms with Crippen LogP contribution in [0.3, 0.4) is 0 Å². The third-order valence-corrected chi connectivity index (χ3v) is 5.74. The fraction of sp³-hybridized carbons (Fsp3) is 0.211. The highest BCUT2D eigenvalue weighted by Crippen LogP contribution is 2.32. The van der Waals surface area contributed by atoms with Crippen molar-refractivity contribution in [2.45, 2.75) is 13.3 Å². The molecule has 7 heteroatoms. The Bertz CT molecular complexity index is 952. The molecule has 3 aromatic rings. The van der Waals surface area contributed by atoms with Gasteiger partial charge in [0.25, 0.3) is 0 Å². The number of benzene rings is 2. The second-order valence-electron chi connectivity index (χ2n) is 5.38. The Morgan fingerprint density at radius 2 is 2.04 bits per heavy atom. The van der Waals surface area contributed by atoms with E-state index in [4.69, 9.17) is 4.74 Å². The van der Waals surface area contributed by atoms with Gasteiger partial charge in [-0.25, -0.2) is 9.98 Å². The second-order valence-corrected chi connectivity index (χ2v) is 8.18. The Labute approximate surface area is 168 Å². The van der Waals surface area contributed by atoms with Crippen molar-refractivity contribution in [2.75, 3.05) is 12.9 Å². The maximum Gasteiger partial charge on any atom is 0.210 e. The summed E-state index contributed by atoms with van der Waals surface area (Å²) >= 11 is 6.35. The van der Waals surface area contributed by atoms with Crippen LogP contribution in [0.4, 0.5) is 5.13 Å². The van der Waals surface area contributed by atoms with Gasteiger partial charge in [-0.15, -0.1) is 11.8 Å². The number of Topliss-reactive ketones (excluding diaryl/α,β-unsaturated/α-hetero) is 1. The van der Waals surface area contributed by atoms with Crippen molar-refractivity contribution in [3.63, 3.8) is 0 Å². The van der Waals surface area contributed by atoms with E-state index in [9.17, 15) is 4.79 Å². The van der Waals surface area contributed by atoms with Crippen LogP contribution < -0.4 is 4.74 Å². The molecule has 0 aliphatic heterocycles. The van der Waals surface area contributed by atoms with E-state index in [1.54, 1.807) is 0 Å². The molecule has 0 fully saturated rings. The zero-order chi connectivity index (χ0) is 18.5. The largest absolute Gasteiger partial charge is 0.494 e. The van der Waals surface area contributed by atoms with E-state index >= 15 is 0 Å². The fourth-order valence-electron chi connectivity index (χ4n) is 2.34. The Kier molecular flexibility index (Phi) is 6.45. The average molecular weight is 449 g/mol. The summed E-state index contributed by atoms with van der Waals surface area (Å²) < 4.78 is 7.50. The minimum atomic E-state index is 0.0466. The molecular formula is C19H17BrN2O2S2. The van der Waals surface area contributed by atoms with Gasteiger partial charge in [0.15, 0.2) is 5.78 Å². The maximum absolute atomic E-state index is 12.5. The number of carbonyl (C=O) groups excluding carboxylic acids is 1. The van der Waals surface area contributed by atoms with Crippen LogP contribution in [0, 0.1) is 0 Å². The molecule has 134 valence electrons. The van der Waals surface area contributed by atoms with Gasteiger partial charge >= 0.3 is 0 Å². The van der Waals surface area contributed by atoms with Crippen molar-refractivity contribution in [2.24, 2.45) is 4.99 Å². The van der Waals surface area contributed by atoms with Crippen molar-refractivity contribution in [1.29, 1.82) is 0 Å². The lowest BCUT2D eigenvalue weighted by molar-refractivity contribution is 0.100. The summed E-state index contributed by atoms with van der Waals surface area (Å²) in [6.45, 7) is 2.59. The first-order valence-electron chi connectivity index (χ1n) is 8.02. The van der Waals surface area contributed by atoms with Crippen molar-refractivity contribution in [3.05, 3.63) is 52.5 Å². The molecule has 0 saturated heterocycles. The molecule has 0 saturated carbocycles. The lowest BCUT2D eigenvalue weighted by atomic mass is 10.1. The number of fused-ring (bicyclic) bond motifs is 1. The molecular weight excluding hydrogens is 432 g/mol. The van der Waals surface area contributed by atoms with Gasteiger partial charge in [0, 0.05) is 10.0 Å². The molecule has 0 N–H and O–H groups in total. The molecule has 0 spiro atoms. The number of ketones is 1. The van der Waals surface area contributed by atoms with Crippen LogP contribution in [-0.4, -0.2) is 28.7 Å². The van der Waals surface area contributed by atoms with Crippen LogP contribution >= 0.6 is 39.0 Å². The van der Waals surface area contributed by atoms with Gasteiger partial charge < -0.3 is 4.74 Å². The van der Waals surface area contributed by atoms with Crippen LogP contribution in [-0.2, 0) is 0 Å². The van der Waals surface area contributed by atoms with E-state index in [0.717, 1.165) is 25.5 Å². The Morgan fingerprint density at radius 3 is 2.73 bits per heavy atom. The molecule has 3 rings (SSSR count). The highest BCUT2D eigenvalue weighted by molar-refractivity contribution is 9.10. The van der Waals surface area contributed by atoms with Gasteiger partial charge in [-0.1, -0.05) is 39.4 Å². The molecule has 0 aliphatic carbocycles. The number of rotatable bonds is 6. The zero-order valence-electron chi connectivity index (χ0n) is 14.4. The first kappa shape index (κ1) is 19.1. The number of thiazole rings is 1. The first-order valence-corrected chi connectivity index (χ1v) is 10.9. The smallest absolute Gasteiger partial charge is 0.210 e. The molecule has 0 amide bonds. The van der Waals surface area contributed by atoms with E-state index in [2.05, 4.69) is 25.9 Å². The lowest BCUT2D eigenvalue weighted by Crippen LogP contribution is -2.05. The summed E-state index contributed by atoms with van der Waals surface area (Å²) in [6, 6.07) is 13.2. The molecule has 0 aliphatic rings. The Balaban J connectivity index is 1.80. The number of hydrogen-bond donors (Lipinski definition) is 0. The number of halogens is 1. The molecule has 0 unspecified atom stereocenters. The van der Waals surface area contributed by atoms with E-state index in [-0.39, 0.29) is 12.2 Å². The molecule has 0 bridgehead atoms. The summed E-state index contributed by atoms with van der Waals surface area (Å²) in [6.07, 6.45) is 2.19. The summed E-state index contributed by atoms with van der Waals surface area (Å²) in [5.41, 5.74) is 1.57. The van der Waals surface area contributed by atoms with Crippen LogP contribution in [0.15, 0.2) is 51.9 Å². The number of thioether (sulfide) groups is 1. The second kappa shape index (κ2) is 8.79. The van der Waals surface area contributed by atoms with E-state index in [1.165, 1.54) is 23.1 Å². The molecule has 1 heterocycles. The number of aromatic nitrogens is 1. The summed E-state index contributed by atoms with van der Waals surface area (Å²) in [5.74, 6) is 0.875. The monoisotopic (exact) mass is 448 g/mol. The quantitative estimate of drug-likeness (QED) is 0.258. The van der Waals surface area contributed by atoms with Gasteiger partial charge in [-0.05, 0) is 43.5 Å². The van der Waals surface area contributed by atoms with Gasteiger partial charge in [0.2, 0.25) is 5.13 Å². The summed E-state index contributed by atoms with van der Waals surface area (Å²) in [4.78, 5) is 21.6. The van der Waals surface area contributed by atoms with Gasteiger partial charge in [-0.3, -0.25) is 4.79 Å². The number of hydrogen-bond acceptors (Lipinski definition) is 6. The molecule has 2 aromatic carbocycles. The predicted molar refractivity (Wildman–Crippen MR) is 114 cm³/mol. The van der Waals surface area contributed by atoms with Gasteiger partial charge in [0.1, 0.15) is 5.75 Å². The lowest BCUT2D eigenvalue weighted by Gasteiger charge is -2.02. The standard InChI is InChI=1S/C19H17BrN2O2S2/c1-3-24-14-8-9-15-17(10-14)26-19(21-15)22-18(25-2)11-16(23)12-4-6-13(20)7-5-12/h4-10H,3,11H2,1-2H3/b22-18-. The highest BCUT2D eigenvalue weighted by Gasteiger charge is 2.12. The maximum atomic E-state index is 12.5. The average Bonchev–Trinajstić information content (AvgIpc) is 3.03. The first-order chi connectivity index (χ1) is 12.6. The van der Waals surface area contributed by atoms with Crippen molar-refractivity contribution >= 4 is 65.2 Å². The number of ether oxygens (including phenoxy) is 1.